The van der Waals surface area contributed by atoms with Crippen LogP contribution in [0.25, 0.3) is 0 Å². The van der Waals surface area contributed by atoms with Crippen molar-refractivity contribution in [1.82, 2.24) is 4.90 Å². The molecule has 4 nitrogen and oxygen atoms in total. The molecule has 2 aromatic rings. The van der Waals surface area contributed by atoms with Crippen LogP contribution in [0.3, 0.4) is 0 Å². The second kappa shape index (κ2) is 6.86. The van der Waals surface area contributed by atoms with E-state index in [1.54, 1.807) is 6.07 Å². The van der Waals surface area contributed by atoms with E-state index in [0.717, 1.165) is 12.1 Å². The second-order valence-electron chi connectivity index (χ2n) is 5.47. The topological polar surface area (TPSA) is 38.8 Å². The average Bonchev–Trinajstić information content (AvgIpc) is 2.61. The Morgan fingerprint density at radius 1 is 1.17 bits per heavy atom. The number of carbonyl (C=O) groups is 1. The van der Waals surface area contributed by atoms with E-state index in [4.69, 9.17) is 9.47 Å². The lowest BCUT2D eigenvalue weighted by molar-refractivity contribution is 0.0474. The number of carbonyl (C=O) groups excluding carboxylic acids is 1. The molecule has 0 radical (unpaired) electrons. The van der Waals surface area contributed by atoms with Gasteiger partial charge in [-0.15, -0.1) is 0 Å². The third kappa shape index (κ3) is 3.32. The van der Waals surface area contributed by atoms with Gasteiger partial charge in [0, 0.05) is 12.1 Å². The minimum absolute atomic E-state index is 0.105. The summed E-state index contributed by atoms with van der Waals surface area (Å²) in [6, 6.07) is 10.4. The molecule has 0 saturated carbocycles. The van der Waals surface area contributed by atoms with E-state index in [2.05, 4.69) is 0 Å². The van der Waals surface area contributed by atoms with Crippen LogP contribution in [0.15, 0.2) is 42.5 Å². The Labute approximate surface area is 138 Å². The Kier molecular flexibility index (Phi) is 4.64. The molecule has 0 aliphatic carbocycles. The average molecular weight is 333 g/mol. The van der Waals surface area contributed by atoms with Gasteiger partial charge in [-0.1, -0.05) is 12.1 Å². The van der Waals surface area contributed by atoms with Crippen LogP contribution in [0.2, 0.25) is 0 Å². The highest BCUT2D eigenvalue weighted by molar-refractivity contribution is 5.94. The van der Waals surface area contributed by atoms with Gasteiger partial charge in [0.2, 0.25) is 0 Å². The molecule has 0 unspecified atom stereocenters. The zero-order valence-corrected chi connectivity index (χ0v) is 13.2. The molecule has 0 bridgehead atoms. The van der Waals surface area contributed by atoms with Crippen LogP contribution in [0.5, 0.6) is 11.5 Å². The number of likely N-dealkylation sites (N-methyl/N-ethyl adjacent to an activating group) is 1. The third-order valence-electron chi connectivity index (χ3n) is 3.83. The molecule has 1 atom stereocenters. The molecule has 0 aromatic heterocycles. The number of para-hydroxylation sites is 2. The number of hydrogen-bond donors (Lipinski definition) is 0. The molecule has 2 aromatic carbocycles. The van der Waals surface area contributed by atoms with Crippen molar-refractivity contribution < 1.29 is 23.0 Å². The zero-order valence-electron chi connectivity index (χ0n) is 13.2. The van der Waals surface area contributed by atoms with Gasteiger partial charge >= 0.3 is 0 Å². The SMILES string of the molecule is CCN(C[C@H]1COc2ccccc2O1)C(=O)c1ccc(F)c(F)c1. The van der Waals surface area contributed by atoms with Crippen LogP contribution in [0, 0.1) is 11.6 Å². The molecule has 126 valence electrons. The van der Waals surface area contributed by atoms with Gasteiger partial charge in [-0.05, 0) is 37.3 Å². The van der Waals surface area contributed by atoms with Crippen LogP contribution in [0.4, 0.5) is 8.78 Å². The minimum atomic E-state index is -1.04. The van der Waals surface area contributed by atoms with Crippen molar-refractivity contribution in [3.8, 4) is 11.5 Å². The molecule has 1 amide bonds. The van der Waals surface area contributed by atoms with Crippen molar-refractivity contribution in [3.63, 3.8) is 0 Å². The van der Waals surface area contributed by atoms with Crippen LogP contribution >= 0.6 is 0 Å². The molecule has 1 aliphatic rings. The zero-order chi connectivity index (χ0) is 17.1. The quantitative estimate of drug-likeness (QED) is 0.862. The van der Waals surface area contributed by atoms with Crippen molar-refractivity contribution in [3.05, 3.63) is 59.7 Å². The van der Waals surface area contributed by atoms with E-state index in [1.165, 1.54) is 11.0 Å². The van der Waals surface area contributed by atoms with E-state index < -0.39 is 11.6 Å². The number of benzene rings is 2. The molecule has 1 aliphatic heterocycles. The molecule has 24 heavy (non-hydrogen) atoms. The van der Waals surface area contributed by atoms with Gasteiger partial charge in [-0.25, -0.2) is 8.78 Å². The maximum Gasteiger partial charge on any atom is 0.254 e. The Morgan fingerprint density at radius 3 is 2.62 bits per heavy atom. The molecule has 0 saturated heterocycles. The summed E-state index contributed by atoms with van der Waals surface area (Å²) in [4.78, 5) is 14.0. The maximum atomic E-state index is 13.3. The van der Waals surface area contributed by atoms with Crippen LogP contribution in [-0.2, 0) is 0 Å². The summed E-state index contributed by atoms with van der Waals surface area (Å²) in [6.07, 6.45) is -0.325. The van der Waals surface area contributed by atoms with Crippen molar-refractivity contribution in [2.24, 2.45) is 0 Å². The molecular weight excluding hydrogens is 316 g/mol. The van der Waals surface area contributed by atoms with Gasteiger partial charge < -0.3 is 14.4 Å². The largest absolute Gasteiger partial charge is 0.486 e. The first-order valence-corrected chi connectivity index (χ1v) is 7.71. The molecule has 1 heterocycles. The molecule has 6 heteroatoms. The highest BCUT2D eigenvalue weighted by Crippen LogP contribution is 2.31. The lowest BCUT2D eigenvalue weighted by atomic mass is 10.1. The van der Waals surface area contributed by atoms with E-state index in [-0.39, 0.29) is 17.6 Å². The summed E-state index contributed by atoms with van der Waals surface area (Å²) < 4.78 is 37.8. The Bertz CT molecular complexity index is 751. The Morgan fingerprint density at radius 2 is 1.92 bits per heavy atom. The van der Waals surface area contributed by atoms with Gasteiger partial charge in [-0.3, -0.25) is 4.79 Å². The maximum absolute atomic E-state index is 13.3. The Hall–Kier alpha value is -2.63. The number of amides is 1. The van der Waals surface area contributed by atoms with Gasteiger partial charge in [0.05, 0.1) is 6.54 Å². The highest BCUT2D eigenvalue weighted by atomic mass is 19.2. The predicted molar refractivity (Wildman–Crippen MR) is 84.3 cm³/mol. The van der Waals surface area contributed by atoms with E-state index in [0.29, 0.717) is 31.2 Å². The fourth-order valence-electron chi connectivity index (χ4n) is 2.57. The smallest absolute Gasteiger partial charge is 0.254 e. The highest BCUT2D eigenvalue weighted by Gasteiger charge is 2.25. The first kappa shape index (κ1) is 16.2. The normalized spacial score (nSPS) is 15.9. The first-order valence-electron chi connectivity index (χ1n) is 7.71. The standard InChI is InChI=1S/C18H17F2NO3/c1-2-21(18(22)12-7-8-14(19)15(20)9-12)10-13-11-23-16-5-3-4-6-17(16)24-13/h3-9,13H,2,10-11H2,1H3/t13-/m0/s1. The molecule has 3 rings (SSSR count). The second-order valence-corrected chi connectivity index (χ2v) is 5.47. The fraction of sp³-hybridized carbons (Fsp3) is 0.278. The van der Waals surface area contributed by atoms with Gasteiger partial charge in [0.15, 0.2) is 29.2 Å². The Balaban J connectivity index is 1.71. The molecular formula is C18H17F2NO3. The van der Waals surface area contributed by atoms with Crippen LogP contribution in [-0.4, -0.2) is 36.6 Å². The van der Waals surface area contributed by atoms with Crippen molar-refractivity contribution in [1.29, 1.82) is 0 Å². The van der Waals surface area contributed by atoms with E-state index in [1.807, 2.05) is 25.1 Å². The van der Waals surface area contributed by atoms with Crippen LogP contribution < -0.4 is 9.47 Å². The van der Waals surface area contributed by atoms with Crippen molar-refractivity contribution >= 4 is 5.91 Å². The number of nitrogens with zero attached hydrogens (tertiary/aromatic N) is 1. The summed E-state index contributed by atoms with van der Waals surface area (Å²) in [7, 11) is 0. The van der Waals surface area contributed by atoms with Gasteiger partial charge in [-0.2, -0.15) is 0 Å². The number of ether oxygens (including phenoxy) is 2. The monoisotopic (exact) mass is 333 g/mol. The summed E-state index contributed by atoms with van der Waals surface area (Å²) in [5, 5.41) is 0. The summed E-state index contributed by atoms with van der Waals surface area (Å²) >= 11 is 0. The first-order chi connectivity index (χ1) is 11.6. The van der Waals surface area contributed by atoms with Gasteiger partial charge in [0.1, 0.15) is 6.61 Å². The van der Waals surface area contributed by atoms with Crippen molar-refractivity contribution in [2.75, 3.05) is 19.7 Å². The summed E-state index contributed by atoms with van der Waals surface area (Å²) in [5.41, 5.74) is 0.105. The molecule has 0 N–H and O–H groups in total. The van der Waals surface area contributed by atoms with Gasteiger partial charge in [0.25, 0.3) is 5.91 Å². The third-order valence-corrected chi connectivity index (χ3v) is 3.83. The van der Waals surface area contributed by atoms with Crippen LogP contribution in [0.1, 0.15) is 17.3 Å². The summed E-state index contributed by atoms with van der Waals surface area (Å²) in [5.74, 6) is -1.09. The van der Waals surface area contributed by atoms with Crippen molar-refractivity contribution in [2.45, 2.75) is 13.0 Å². The minimum Gasteiger partial charge on any atom is -0.486 e. The van der Waals surface area contributed by atoms with E-state index >= 15 is 0 Å². The van der Waals surface area contributed by atoms with E-state index in [9.17, 15) is 13.6 Å². The number of hydrogen-bond acceptors (Lipinski definition) is 3. The number of fused-ring (bicyclic) bond motifs is 1. The molecule has 0 spiro atoms. The lowest BCUT2D eigenvalue weighted by Gasteiger charge is -2.31. The lowest BCUT2D eigenvalue weighted by Crippen LogP contribution is -2.43. The summed E-state index contributed by atoms with van der Waals surface area (Å²) in [6.45, 7) is 2.84. The predicted octanol–water partition coefficient (Wildman–Crippen LogP) is 3.27. The number of rotatable bonds is 4. The number of halogens is 2. The molecule has 0 fully saturated rings. The fourth-order valence-corrected chi connectivity index (χ4v) is 2.57.